The second-order valence-corrected chi connectivity index (χ2v) is 15.1. The standard InChI is InChI=1S/C33H38F2O9S/c1-18-9-21(4)22(5)25(10-18)27(36)43-31-12-24-11-30(14-31,29(38)42-17-33(34,35)45(39,40)41)15-32(13-24,16-31)44-28(37)26-20(3)8-7-19(2)23(26)6/h7-10,24H,11-17H2,1-6H3,(H,39,40,41). The molecule has 6 rings (SSSR count). The molecule has 9 nitrogen and oxygen atoms in total. The second kappa shape index (κ2) is 10.9. The predicted octanol–water partition coefficient (Wildman–Crippen LogP) is 6.04. The molecule has 244 valence electrons. The van der Waals surface area contributed by atoms with E-state index < -0.39 is 56.5 Å². The lowest BCUT2D eigenvalue weighted by Crippen LogP contribution is -2.67. The average Bonchev–Trinajstić information content (AvgIpc) is 2.89. The number of aryl methyl sites for hydroxylation is 4. The van der Waals surface area contributed by atoms with Crippen molar-refractivity contribution in [1.29, 1.82) is 0 Å². The maximum atomic E-state index is 14.1. The first kappa shape index (κ1) is 33.0. The summed E-state index contributed by atoms with van der Waals surface area (Å²) >= 11 is 0. The lowest BCUT2D eigenvalue weighted by atomic mass is 9.46. The van der Waals surface area contributed by atoms with Crippen LogP contribution in [0.15, 0.2) is 24.3 Å². The molecule has 1 N–H and O–H groups in total. The summed E-state index contributed by atoms with van der Waals surface area (Å²) in [6, 6.07) is 7.35. The fourth-order valence-electron chi connectivity index (χ4n) is 8.11. The monoisotopic (exact) mass is 648 g/mol. The molecule has 0 saturated heterocycles. The van der Waals surface area contributed by atoms with E-state index in [1.54, 1.807) is 19.9 Å². The highest BCUT2D eigenvalue weighted by Gasteiger charge is 2.70. The van der Waals surface area contributed by atoms with Crippen LogP contribution in [0.1, 0.15) is 92.6 Å². The van der Waals surface area contributed by atoms with Crippen molar-refractivity contribution >= 4 is 28.0 Å². The number of hydrogen-bond donors (Lipinski definition) is 1. The van der Waals surface area contributed by atoms with E-state index in [4.69, 9.17) is 18.8 Å². The number of rotatable bonds is 8. The third kappa shape index (κ3) is 5.87. The van der Waals surface area contributed by atoms with Crippen molar-refractivity contribution in [2.75, 3.05) is 6.61 Å². The van der Waals surface area contributed by atoms with Crippen LogP contribution < -0.4 is 0 Å². The summed E-state index contributed by atoms with van der Waals surface area (Å²) < 4.78 is 76.9. The normalized spacial score (nSPS) is 27.3. The van der Waals surface area contributed by atoms with Gasteiger partial charge in [0.1, 0.15) is 11.2 Å². The number of benzene rings is 2. The van der Waals surface area contributed by atoms with E-state index in [0.717, 1.165) is 27.8 Å². The first-order chi connectivity index (χ1) is 20.7. The minimum Gasteiger partial charge on any atom is -0.458 e. The number of halogens is 2. The van der Waals surface area contributed by atoms with Crippen molar-refractivity contribution in [3.8, 4) is 0 Å². The Morgan fingerprint density at radius 1 is 0.844 bits per heavy atom. The Hall–Kier alpha value is -3.38. The number of carbonyl (C=O) groups is 3. The van der Waals surface area contributed by atoms with E-state index in [-0.39, 0.29) is 31.6 Å². The number of hydrogen-bond acceptors (Lipinski definition) is 8. The molecular formula is C33H38F2O9S. The molecule has 0 heterocycles. The van der Waals surface area contributed by atoms with Gasteiger partial charge in [0, 0.05) is 19.3 Å². The van der Waals surface area contributed by atoms with Crippen LogP contribution in [0.3, 0.4) is 0 Å². The molecule has 4 saturated carbocycles. The van der Waals surface area contributed by atoms with Crippen LogP contribution in [-0.4, -0.2) is 53.9 Å². The van der Waals surface area contributed by atoms with Crippen molar-refractivity contribution in [3.05, 3.63) is 68.8 Å². The van der Waals surface area contributed by atoms with Gasteiger partial charge in [-0.15, -0.1) is 0 Å². The first-order valence-electron chi connectivity index (χ1n) is 14.8. The molecule has 2 aromatic rings. The van der Waals surface area contributed by atoms with Gasteiger partial charge in [-0.25, -0.2) is 9.59 Å². The van der Waals surface area contributed by atoms with E-state index in [9.17, 15) is 31.6 Å². The largest absolute Gasteiger partial charge is 0.458 e. The minimum atomic E-state index is -5.84. The fourth-order valence-corrected chi connectivity index (χ4v) is 8.32. The van der Waals surface area contributed by atoms with Gasteiger partial charge in [0.05, 0.1) is 16.5 Å². The maximum Gasteiger partial charge on any atom is 0.402 e. The van der Waals surface area contributed by atoms with Crippen molar-refractivity contribution in [2.45, 2.75) is 96.5 Å². The smallest absolute Gasteiger partial charge is 0.402 e. The van der Waals surface area contributed by atoms with E-state index in [0.29, 0.717) is 29.5 Å². The molecule has 0 amide bonds. The third-order valence-corrected chi connectivity index (χ3v) is 10.8. The summed E-state index contributed by atoms with van der Waals surface area (Å²) in [5.74, 6) is -2.64. The molecular weight excluding hydrogens is 610 g/mol. The molecule has 45 heavy (non-hydrogen) atoms. The quantitative estimate of drug-likeness (QED) is 0.207. The summed E-state index contributed by atoms with van der Waals surface area (Å²) in [5.41, 5.74) is 1.42. The van der Waals surface area contributed by atoms with E-state index in [1.807, 2.05) is 45.9 Å². The SMILES string of the molecule is Cc1cc(C)c(C)c(C(=O)OC23CC4CC(OC(=O)c5c(C)ccc(C)c5C)(C2)CC(C(=O)OCC(F)(F)S(=O)(=O)O)(C4)C3)c1. The average molecular weight is 649 g/mol. The first-order valence-corrected chi connectivity index (χ1v) is 16.3. The summed E-state index contributed by atoms with van der Waals surface area (Å²) in [6.45, 7) is 9.10. The molecule has 4 aliphatic rings. The molecule has 12 heteroatoms. The molecule has 4 atom stereocenters. The van der Waals surface area contributed by atoms with Gasteiger partial charge in [-0.05, 0) is 106 Å². The van der Waals surface area contributed by atoms with Crippen LogP contribution in [0.25, 0.3) is 0 Å². The molecule has 4 unspecified atom stereocenters. The van der Waals surface area contributed by atoms with Crippen LogP contribution in [0, 0.1) is 52.9 Å². The molecule has 4 aliphatic carbocycles. The number of carbonyl (C=O) groups excluding carboxylic acids is 3. The minimum absolute atomic E-state index is 0.0791. The third-order valence-electron chi connectivity index (χ3n) is 9.95. The zero-order valence-electron chi connectivity index (χ0n) is 26.2. The highest BCUT2D eigenvalue weighted by atomic mass is 32.2. The van der Waals surface area contributed by atoms with Gasteiger partial charge in [-0.2, -0.15) is 17.2 Å². The number of alkyl halides is 2. The molecule has 0 radical (unpaired) electrons. The summed E-state index contributed by atoms with van der Waals surface area (Å²) in [5, 5.41) is -4.72. The van der Waals surface area contributed by atoms with E-state index in [1.165, 1.54) is 0 Å². The Morgan fingerprint density at radius 3 is 2.02 bits per heavy atom. The highest BCUT2D eigenvalue weighted by molar-refractivity contribution is 7.86. The van der Waals surface area contributed by atoms with Crippen LogP contribution >= 0.6 is 0 Å². The number of ether oxygens (including phenoxy) is 3. The zero-order valence-corrected chi connectivity index (χ0v) is 27.0. The highest BCUT2D eigenvalue weighted by Crippen LogP contribution is 2.66. The fraction of sp³-hybridized carbons (Fsp3) is 0.545. The molecule has 4 fully saturated rings. The molecule has 0 aromatic heterocycles. The summed E-state index contributed by atoms with van der Waals surface area (Å²) in [7, 11) is -5.84. The summed E-state index contributed by atoms with van der Waals surface area (Å²) in [4.78, 5) is 41.2. The van der Waals surface area contributed by atoms with Crippen LogP contribution in [0.4, 0.5) is 8.78 Å². The van der Waals surface area contributed by atoms with Gasteiger partial charge in [-0.1, -0.05) is 18.2 Å². The van der Waals surface area contributed by atoms with Crippen molar-refractivity contribution in [3.63, 3.8) is 0 Å². The lowest BCUT2D eigenvalue weighted by molar-refractivity contribution is -0.238. The lowest BCUT2D eigenvalue weighted by Gasteiger charge is -2.63. The van der Waals surface area contributed by atoms with Crippen molar-refractivity contribution < 1.29 is 50.3 Å². The van der Waals surface area contributed by atoms with Crippen LogP contribution in [-0.2, 0) is 29.1 Å². The van der Waals surface area contributed by atoms with Gasteiger partial charge in [0.2, 0.25) is 0 Å². The van der Waals surface area contributed by atoms with Gasteiger partial charge in [0.25, 0.3) is 0 Å². The second-order valence-electron chi connectivity index (χ2n) is 13.6. The Balaban J connectivity index is 1.53. The topological polar surface area (TPSA) is 133 Å². The van der Waals surface area contributed by atoms with Crippen LogP contribution in [0.5, 0.6) is 0 Å². The van der Waals surface area contributed by atoms with Gasteiger partial charge in [-0.3, -0.25) is 9.35 Å². The van der Waals surface area contributed by atoms with Crippen molar-refractivity contribution in [1.82, 2.24) is 0 Å². The molecule has 2 aromatic carbocycles. The van der Waals surface area contributed by atoms with Crippen molar-refractivity contribution in [2.24, 2.45) is 11.3 Å². The summed E-state index contributed by atoms with van der Waals surface area (Å²) in [6.07, 6.45) is 0.848. The number of esters is 3. The predicted molar refractivity (Wildman–Crippen MR) is 159 cm³/mol. The Morgan fingerprint density at radius 2 is 1.42 bits per heavy atom. The maximum absolute atomic E-state index is 14.1. The van der Waals surface area contributed by atoms with Gasteiger partial charge in [0.15, 0.2) is 6.61 Å². The molecule has 4 bridgehead atoms. The Labute approximate surface area is 261 Å². The van der Waals surface area contributed by atoms with E-state index >= 15 is 0 Å². The molecule has 0 aliphatic heterocycles. The molecule has 0 spiro atoms. The van der Waals surface area contributed by atoms with Gasteiger partial charge >= 0.3 is 33.3 Å². The Kier molecular flexibility index (Phi) is 7.96. The van der Waals surface area contributed by atoms with Gasteiger partial charge < -0.3 is 14.2 Å². The van der Waals surface area contributed by atoms with Crippen LogP contribution in [0.2, 0.25) is 0 Å². The Bertz CT molecular complexity index is 1720. The van der Waals surface area contributed by atoms with E-state index in [2.05, 4.69) is 0 Å². The zero-order chi connectivity index (χ0) is 33.3.